The quantitative estimate of drug-likeness (QED) is 0.720. The average molecular weight is 227 g/mol. The SMILES string of the molecule is CC1CC(NC(=O)C(C(=O)O)C(C)(C)C)C1. The van der Waals surface area contributed by atoms with Crippen molar-refractivity contribution in [3.8, 4) is 0 Å². The van der Waals surface area contributed by atoms with E-state index in [2.05, 4.69) is 12.2 Å². The minimum Gasteiger partial charge on any atom is -0.481 e. The van der Waals surface area contributed by atoms with Crippen LogP contribution < -0.4 is 5.32 Å². The third-order valence-electron chi connectivity index (χ3n) is 3.10. The van der Waals surface area contributed by atoms with Crippen molar-refractivity contribution in [3.05, 3.63) is 0 Å². The van der Waals surface area contributed by atoms with Crippen molar-refractivity contribution in [3.63, 3.8) is 0 Å². The maximum atomic E-state index is 11.8. The molecular formula is C12H21NO3. The number of carboxylic acids is 1. The Balaban J connectivity index is 2.59. The smallest absolute Gasteiger partial charge is 0.316 e. The monoisotopic (exact) mass is 227 g/mol. The van der Waals surface area contributed by atoms with Gasteiger partial charge in [0, 0.05) is 6.04 Å². The largest absolute Gasteiger partial charge is 0.481 e. The minimum atomic E-state index is -1.04. The fourth-order valence-electron chi connectivity index (χ4n) is 2.18. The summed E-state index contributed by atoms with van der Waals surface area (Å²) in [7, 11) is 0. The molecule has 0 aromatic rings. The number of rotatable bonds is 3. The molecule has 1 atom stereocenters. The Morgan fingerprint density at radius 1 is 1.31 bits per heavy atom. The summed E-state index contributed by atoms with van der Waals surface area (Å²) in [6.07, 6.45) is 1.92. The summed E-state index contributed by atoms with van der Waals surface area (Å²) in [5.74, 6) is -1.72. The summed E-state index contributed by atoms with van der Waals surface area (Å²) < 4.78 is 0. The number of hydrogen-bond donors (Lipinski definition) is 2. The highest BCUT2D eigenvalue weighted by Gasteiger charge is 2.39. The summed E-state index contributed by atoms with van der Waals surface area (Å²) in [4.78, 5) is 22.9. The molecule has 4 heteroatoms. The van der Waals surface area contributed by atoms with Crippen LogP contribution in [0.2, 0.25) is 0 Å². The first kappa shape index (κ1) is 13.0. The number of nitrogens with one attached hydrogen (secondary N) is 1. The maximum Gasteiger partial charge on any atom is 0.316 e. The molecule has 0 aromatic heterocycles. The molecule has 4 nitrogen and oxygen atoms in total. The zero-order chi connectivity index (χ0) is 12.5. The second-order valence-corrected chi connectivity index (χ2v) is 5.92. The van der Waals surface area contributed by atoms with Crippen molar-refractivity contribution < 1.29 is 14.7 Å². The van der Waals surface area contributed by atoms with Crippen LogP contribution >= 0.6 is 0 Å². The van der Waals surface area contributed by atoms with Crippen LogP contribution in [-0.4, -0.2) is 23.0 Å². The van der Waals surface area contributed by atoms with Gasteiger partial charge in [0.15, 0.2) is 0 Å². The standard InChI is InChI=1S/C12H21NO3/c1-7-5-8(6-7)13-10(14)9(11(15)16)12(2,3)4/h7-9H,5-6H2,1-4H3,(H,13,14)(H,15,16). The lowest BCUT2D eigenvalue weighted by Gasteiger charge is -2.35. The van der Waals surface area contributed by atoms with Crippen LogP contribution in [0.25, 0.3) is 0 Å². The van der Waals surface area contributed by atoms with Crippen LogP contribution in [0.3, 0.4) is 0 Å². The molecule has 0 heterocycles. The summed E-state index contributed by atoms with van der Waals surface area (Å²) in [6, 6.07) is 0.173. The fourth-order valence-corrected chi connectivity index (χ4v) is 2.18. The van der Waals surface area contributed by atoms with Gasteiger partial charge in [-0.3, -0.25) is 9.59 Å². The molecule has 1 amide bonds. The van der Waals surface area contributed by atoms with Crippen LogP contribution in [-0.2, 0) is 9.59 Å². The second kappa shape index (κ2) is 4.44. The van der Waals surface area contributed by atoms with Crippen molar-refractivity contribution in [1.29, 1.82) is 0 Å². The van der Waals surface area contributed by atoms with Crippen molar-refractivity contribution in [1.82, 2.24) is 5.32 Å². The zero-order valence-electron chi connectivity index (χ0n) is 10.4. The van der Waals surface area contributed by atoms with Gasteiger partial charge in [0.25, 0.3) is 0 Å². The van der Waals surface area contributed by atoms with Crippen molar-refractivity contribution in [2.24, 2.45) is 17.3 Å². The minimum absolute atomic E-state index is 0.173. The lowest BCUT2D eigenvalue weighted by Crippen LogP contribution is -2.50. The number of carbonyl (C=O) groups excluding carboxylic acids is 1. The van der Waals surface area contributed by atoms with E-state index in [-0.39, 0.29) is 11.9 Å². The number of carboxylic acid groups (broad SMARTS) is 1. The molecule has 0 aliphatic heterocycles. The van der Waals surface area contributed by atoms with Gasteiger partial charge in [0.05, 0.1) is 0 Å². The van der Waals surface area contributed by atoms with Gasteiger partial charge in [-0.2, -0.15) is 0 Å². The highest BCUT2D eigenvalue weighted by atomic mass is 16.4. The zero-order valence-corrected chi connectivity index (χ0v) is 10.4. The van der Waals surface area contributed by atoms with Gasteiger partial charge in [-0.15, -0.1) is 0 Å². The number of carbonyl (C=O) groups is 2. The van der Waals surface area contributed by atoms with E-state index < -0.39 is 17.3 Å². The van der Waals surface area contributed by atoms with Crippen LogP contribution in [0, 0.1) is 17.3 Å². The highest BCUT2D eigenvalue weighted by Crippen LogP contribution is 2.29. The normalized spacial score (nSPS) is 26.8. The van der Waals surface area contributed by atoms with E-state index >= 15 is 0 Å². The van der Waals surface area contributed by atoms with Gasteiger partial charge < -0.3 is 10.4 Å². The molecule has 1 rings (SSSR count). The van der Waals surface area contributed by atoms with E-state index in [1.165, 1.54) is 0 Å². The first-order valence-corrected chi connectivity index (χ1v) is 5.75. The van der Waals surface area contributed by atoms with Crippen molar-refractivity contribution in [2.75, 3.05) is 0 Å². The van der Waals surface area contributed by atoms with Crippen LogP contribution in [0.4, 0.5) is 0 Å². The first-order valence-electron chi connectivity index (χ1n) is 5.75. The summed E-state index contributed by atoms with van der Waals surface area (Å²) in [6.45, 7) is 7.44. The van der Waals surface area contributed by atoms with Gasteiger partial charge in [0.2, 0.25) is 5.91 Å². The van der Waals surface area contributed by atoms with Crippen molar-refractivity contribution in [2.45, 2.75) is 46.6 Å². The lowest BCUT2D eigenvalue weighted by molar-refractivity contribution is -0.152. The Hall–Kier alpha value is -1.06. The molecule has 0 bridgehead atoms. The van der Waals surface area contributed by atoms with E-state index in [0.717, 1.165) is 12.8 Å². The molecule has 16 heavy (non-hydrogen) atoms. The Morgan fingerprint density at radius 2 is 1.81 bits per heavy atom. The van der Waals surface area contributed by atoms with E-state index in [9.17, 15) is 9.59 Å². The summed E-state index contributed by atoms with van der Waals surface area (Å²) in [5.41, 5.74) is -0.550. The number of hydrogen-bond acceptors (Lipinski definition) is 2. The fraction of sp³-hybridized carbons (Fsp3) is 0.833. The Kier molecular flexibility index (Phi) is 3.61. The molecule has 1 fully saturated rings. The van der Waals surface area contributed by atoms with Crippen LogP contribution in [0.5, 0.6) is 0 Å². The summed E-state index contributed by atoms with van der Waals surface area (Å²) >= 11 is 0. The molecule has 0 radical (unpaired) electrons. The average Bonchev–Trinajstić information content (AvgIpc) is 1.96. The molecule has 92 valence electrons. The van der Waals surface area contributed by atoms with E-state index in [0.29, 0.717) is 5.92 Å². The molecular weight excluding hydrogens is 206 g/mol. The molecule has 0 aromatic carbocycles. The van der Waals surface area contributed by atoms with Gasteiger partial charge in [-0.1, -0.05) is 27.7 Å². The molecule has 1 saturated carbocycles. The van der Waals surface area contributed by atoms with Crippen LogP contribution in [0.1, 0.15) is 40.5 Å². The predicted octanol–water partition coefficient (Wildman–Crippen LogP) is 1.65. The van der Waals surface area contributed by atoms with Gasteiger partial charge in [-0.25, -0.2) is 0 Å². The number of aliphatic carboxylic acids is 1. The Labute approximate surface area is 96.4 Å². The highest BCUT2D eigenvalue weighted by molar-refractivity contribution is 5.97. The Bertz CT molecular complexity index is 287. The van der Waals surface area contributed by atoms with Crippen molar-refractivity contribution >= 4 is 11.9 Å². The Morgan fingerprint density at radius 3 is 2.12 bits per heavy atom. The first-order chi connectivity index (χ1) is 7.21. The lowest BCUT2D eigenvalue weighted by atomic mass is 9.78. The molecule has 2 N–H and O–H groups in total. The maximum absolute atomic E-state index is 11.8. The van der Waals surface area contributed by atoms with E-state index in [1.54, 1.807) is 20.8 Å². The molecule has 1 aliphatic rings. The summed E-state index contributed by atoms with van der Waals surface area (Å²) in [5, 5.41) is 11.9. The van der Waals surface area contributed by atoms with E-state index in [1.807, 2.05) is 0 Å². The second-order valence-electron chi connectivity index (χ2n) is 5.92. The number of amides is 1. The molecule has 0 saturated heterocycles. The van der Waals surface area contributed by atoms with E-state index in [4.69, 9.17) is 5.11 Å². The third kappa shape index (κ3) is 2.97. The van der Waals surface area contributed by atoms with Gasteiger partial charge in [-0.05, 0) is 24.2 Å². The molecule has 1 aliphatic carbocycles. The van der Waals surface area contributed by atoms with Gasteiger partial charge in [0.1, 0.15) is 5.92 Å². The topological polar surface area (TPSA) is 66.4 Å². The van der Waals surface area contributed by atoms with Crippen LogP contribution in [0.15, 0.2) is 0 Å². The molecule has 1 unspecified atom stereocenters. The van der Waals surface area contributed by atoms with Gasteiger partial charge >= 0.3 is 5.97 Å². The molecule has 0 spiro atoms. The predicted molar refractivity (Wildman–Crippen MR) is 60.9 cm³/mol. The third-order valence-corrected chi connectivity index (χ3v) is 3.10.